The van der Waals surface area contributed by atoms with Crippen LogP contribution in [0.4, 0.5) is 5.82 Å². The summed E-state index contributed by atoms with van der Waals surface area (Å²) in [7, 11) is 3.18. The van der Waals surface area contributed by atoms with Crippen LogP contribution in [0.5, 0.6) is 5.75 Å². The Morgan fingerprint density at radius 3 is 2.56 bits per heavy atom. The third kappa shape index (κ3) is 5.84. The average Bonchev–Trinajstić information content (AvgIpc) is 3.59. The number of amides is 2. The van der Waals surface area contributed by atoms with Crippen molar-refractivity contribution in [3.63, 3.8) is 0 Å². The van der Waals surface area contributed by atoms with Crippen LogP contribution < -0.4 is 15.0 Å². The van der Waals surface area contributed by atoms with E-state index in [1.807, 2.05) is 53.9 Å². The smallest absolute Gasteiger partial charge is 0.240 e. The Bertz CT molecular complexity index is 1440. The molecule has 1 atom stereocenters. The normalized spacial score (nSPS) is 15.1. The molecule has 2 aromatic carbocycles. The SMILES string of the molecule is COCCNC(=O)CN1C(=O)CS[C@@H](c2ccsc2)c2c(-c3ccc(Cl)cc3)nn(-c3ccc(OC)cc3)c21. The lowest BCUT2D eigenvalue weighted by molar-refractivity contribution is -0.123. The van der Waals surface area contributed by atoms with Crippen LogP contribution >= 0.6 is 34.7 Å². The number of rotatable bonds is 9. The first kappa shape index (κ1) is 27.3. The van der Waals surface area contributed by atoms with Crippen LogP contribution in [0.25, 0.3) is 16.9 Å². The summed E-state index contributed by atoms with van der Waals surface area (Å²) in [6.07, 6.45) is 0. The fraction of sp³-hybridized carbons (Fsp3) is 0.250. The van der Waals surface area contributed by atoms with Crippen molar-refractivity contribution in [2.75, 3.05) is 44.6 Å². The number of fused-ring (bicyclic) bond motifs is 1. The summed E-state index contributed by atoms with van der Waals surface area (Å²) in [6, 6.07) is 17.0. The average molecular weight is 583 g/mol. The number of ether oxygens (including phenoxy) is 2. The van der Waals surface area contributed by atoms with Gasteiger partial charge in [0.05, 0.1) is 36.1 Å². The minimum Gasteiger partial charge on any atom is -0.497 e. The van der Waals surface area contributed by atoms with Crippen LogP contribution in [0.1, 0.15) is 16.4 Å². The second-order valence-corrected chi connectivity index (χ2v) is 11.1. The fourth-order valence-electron chi connectivity index (χ4n) is 4.42. The number of nitrogens with one attached hydrogen (secondary N) is 1. The van der Waals surface area contributed by atoms with Crippen LogP contribution in [0.15, 0.2) is 65.4 Å². The van der Waals surface area contributed by atoms with Gasteiger partial charge in [-0.3, -0.25) is 14.5 Å². The summed E-state index contributed by atoms with van der Waals surface area (Å²) in [6.45, 7) is 0.587. The maximum atomic E-state index is 13.7. The number of hydrogen-bond acceptors (Lipinski definition) is 7. The van der Waals surface area contributed by atoms with Crippen molar-refractivity contribution >= 4 is 52.3 Å². The highest BCUT2D eigenvalue weighted by molar-refractivity contribution is 8.00. The molecule has 0 bridgehead atoms. The minimum atomic E-state index is -0.277. The molecule has 0 aliphatic carbocycles. The number of carbonyl (C=O) groups excluding carboxylic acids is 2. The zero-order chi connectivity index (χ0) is 27.4. The maximum absolute atomic E-state index is 13.7. The Labute approximate surface area is 239 Å². The summed E-state index contributed by atoms with van der Waals surface area (Å²) in [5.41, 5.74) is 4.27. The summed E-state index contributed by atoms with van der Waals surface area (Å²) >= 11 is 9.35. The highest BCUT2D eigenvalue weighted by Crippen LogP contribution is 2.49. The van der Waals surface area contributed by atoms with Gasteiger partial charge in [-0.25, -0.2) is 4.68 Å². The first-order valence-electron chi connectivity index (χ1n) is 12.2. The largest absolute Gasteiger partial charge is 0.497 e. The van der Waals surface area contributed by atoms with E-state index in [1.165, 1.54) is 11.8 Å². The third-order valence-electron chi connectivity index (χ3n) is 6.30. The zero-order valence-electron chi connectivity index (χ0n) is 21.4. The lowest BCUT2D eigenvalue weighted by atomic mass is 10.0. The maximum Gasteiger partial charge on any atom is 0.240 e. The predicted octanol–water partition coefficient (Wildman–Crippen LogP) is 5.19. The quantitative estimate of drug-likeness (QED) is 0.273. The van der Waals surface area contributed by atoms with Crippen LogP contribution in [-0.4, -0.2) is 61.3 Å². The lowest BCUT2D eigenvalue weighted by Crippen LogP contribution is -2.43. The van der Waals surface area contributed by atoms with Crippen molar-refractivity contribution in [3.05, 3.63) is 81.5 Å². The molecule has 1 aliphatic rings. The molecular weight excluding hydrogens is 556 g/mol. The van der Waals surface area contributed by atoms with Crippen LogP contribution in [-0.2, 0) is 14.3 Å². The van der Waals surface area contributed by atoms with E-state index in [0.29, 0.717) is 29.7 Å². The molecule has 2 amide bonds. The van der Waals surface area contributed by atoms with Crippen molar-refractivity contribution in [1.82, 2.24) is 15.1 Å². The van der Waals surface area contributed by atoms with Gasteiger partial charge in [-0.2, -0.15) is 16.4 Å². The number of anilines is 1. The molecule has 1 aliphatic heterocycles. The standard InChI is InChI=1S/C28H27ClN4O4S2/c1-36-13-12-30-23(34)15-32-24(35)17-39-27(19-11-14-38-16-19)25-26(18-3-5-20(29)6-4-18)31-33(28(25)32)21-7-9-22(37-2)10-8-21/h3-11,14,16,27H,12-13,15,17H2,1-2H3,(H,30,34)/t27-/m0/s1. The molecule has 11 heteroatoms. The Hall–Kier alpha value is -3.31. The molecule has 3 heterocycles. The van der Waals surface area contributed by atoms with Gasteiger partial charge in [-0.15, -0.1) is 11.8 Å². The zero-order valence-corrected chi connectivity index (χ0v) is 23.8. The first-order chi connectivity index (χ1) is 19.0. The Balaban J connectivity index is 1.73. The van der Waals surface area contributed by atoms with E-state index in [-0.39, 0.29) is 29.4 Å². The topological polar surface area (TPSA) is 85.7 Å². The van der Waals surface area contributed by atoms with E-state index in [1.54, 1.807) is 35.1 Å². The van der Waals surface area contributed by atoms with Crippen LogP contribution in [0, 0.1) is 0 Å². The molecule has 8 nitrogen and oxygen atoms in total. The van der Waals surface area contributed by atoms with Gasteiger partial charge in [0, 0.05) is 29.8 Å². The third-order valence-corrected chi connectivity index (χ3v) is 8.51. The summed E-state index contributed by atoms with van der Waals surface area (Å²) in [4.78, 5) is 28.2. The highest BCUT2D eigenvalue weighted by atomic mass is 35.5. The van der Waals surface area contributed by atoms with E-state index in [4.69, 9.17) is 26.2 Å². The van der Waals surface area contributed by atoms with Crippen LogP contribution in [0.2, 0.25) is 5.02 Å². The van der Waals surface area contributed by atoms with Crippen molar-refractivity contribution in [2.45, 2.75) is 5.25 Å². The molecule has 202 valence electrons. The van der Waals surface area contributed by atoms with E-state index >= 15 is 0 Å². The van der Waals surface area contributed by atoms with Crippen molar-refractivity contribution in [2.24, 2.45) is 0 Å². The minimum absolute atomic E-state index is 0.144. The summed E-state index contributed by atoms with van der Waals surface area (Å²) in [5.74, 6) is 1.03. The number of methoxy groups -OCH3 is 2. The number of nitrogens with zero attached hydrogens (tertiary/aromatic N) is 3. The number of thioether (sulfide) groups is 1. The number of hydrogen-bond donors (Lipinski definition) is 1. The number of halogens is 1. The van der Waals surface area contributed by atoms with Crippen molar-refractivity contribution in [1.29, 1.82) is 0 Å². The summed E-state index contributed by atoms with van der Waals surface area (Å²) < 4.78 is 12.2. The number of carbonyl (C=O) groups is 2. The van der Waals surface area contributed by atoms with E-state index in [2.05, 4.69) is 16.8 Å². The lowest BCUT2D eigenvalue weighted by Gasteiger charge is -2.23. The molecule has 39 heavy (non-hydrogen) atoms. The molecule has 0 spiro atoms. The van der Waals surface area contributed by atoms with Crippen LogP contribution in [0.3, 0.4) is 0 Å². The molecule has 1 N–H and O–H groups in total. The van der Waals surface area contributed by atoms with E-state index in [0.717, 1.165) is 28.1 Å². The van der Waals surface area contributed by atoms with Gasteiger partial charge in [0.25, 0.3) is 0 Å². The molecule has 5 rings (SSSR count). The van der Waals surface area contributed by atoms with Crippen molar-refractivity contribution < 1.29 is 19.1 Å². The monoisotopic (exact) mass is 582 g/mol. The Kier molecular flexibility index (Phi) is 8.56. The molecule has 4 aromatic rings. The van der Waals surface area contributed by atoms with E-state index in [9.17, 15) is 9.59 Å². The molecule has 0 fully saturated rings. The second kappa shape index (κ2) is 12.3. The first-order valence-corrected chi connectivity index (χ1v) is 14.6. The number of aromatic nitrogens is 2. The van der Waals surface area contributed by atoms with Gasteiger partial charge < -0.3 is 14.8 Å². The molecule has 0 saturated carbocycles. The number of benzene rings is 2. The van der Waals surface area contributed by atoms with Gasteiger partial charge in [0.15, 0.2) is 0 Å². The van der Waals surface area contributed by atoms with Gasteiger partial charge in [-0.05, 0) is 58.8 Å². The molecular formula is C28H27ClN4O4S2. The van der Waals surface area contributed by atoms with Gasteiger partial charge in [-0.1, -0.05) is 23.7 Å². The Morgan fingerprint density at radius 2 is 1.90 bits per heavy atom. The second-order valence-electron chi connectivity index (χ2n) is 8.77. The highest BCUT2D eigenvalue weighted by Gasteiger charge is 2.37. The fourth-order valence-corrected chi connectivity index (χ4v) is 6.51. The van der Waals surface area contributed by atoms with E-state index < -0.39 is 0 Å². The van der Waals surface area contributed by atoms with Gasteiger partial charge in [0.2, 0.25) is 11.8 Å². The molecule has 0 unspecified atom stereocenters. The van der Waals surface area contributed by atoms with Gasteiger partial charge in [0.1, 0.15) is 18.1 Å². The molecule has 0 radical (unpaired) electrons. The van der Waals surface area contributed by atoms with Gasteiger partial charge >= 0.3 is 0 Å². The summed E-state index contributed by atoms with van der Waals surface area (Å²) in [5, 5.41) is 12.5. The Morgan fingerprint density at radius 1 is 1.13 bits per heavy atom. The molecule has 0 saturated heterocycles. The molecule has 2 aromatic heterocycles. The van der Waals surface area contributed by atoms with Crippen molar-refractivity contribution in [3.8, 4) is 22.7 Å². The number of thiophene rings is 1. The predicted molar refractivity (Wildman–Crippen MR) is 156 cm³/mol.